The average Bonchev–Trinajstić information content (AvgIpc) is 3.39. The molecule has 7 nitrogen and oxygen atoms in total. The first-order chi connectivity index (χ1) is 16.4. The van der Waals surface area contributed by atoms with Crippen LogP contribution in [0.15, 0.2) is 54.9 Å². The predicted molar refractivity (Wildman–Crippen MR) is 122 cm³/mol. The van der Waals surface area contributed by atoms with E-state index >= 15 is 0 Å². The molecule has 8 heteroatoms. The van der Waals surface area contributed by atoms with Gasteiger partial charge in [-0.25, -0.2) is 14.9 Å². The van der Waals surface area contributed by atoms with Crippen LogP contribution in [0.2, 0.25) is 0 Å². The van der Waals surface area contributed by atoms with Crippen LogP contribution in [0, 0.1) is 17.2 Å². The number of nitrogens with one attached hydrogen (secondary N) is 1. The maximum Gasteiger partial charge on any atom is 0.274 e. The number of nitrogens with zero attached hydrogens (tertiary/aromatic N) is 3. The molecular weight excluding hydrogens is 435 g/mol. The molecule has 2 unspecified atom stereocenters. The summed E-state index contributed by atoms with van der Waals surface area (Å²) in [5.74, 6) is -0.0892. The van der Waals surface area contributed by atoms with Crippen molar-refractivity contribution in [1.82, 2.24) is 19.6 Å². The summed E-state index contributed by atoms with van der Waals surface area (Å²) in [5.41, 5.74) is 4.98. The average molecular weight is 458 g/mol. The van der Waals surface area contributed by atoms with Crippen LogP contribution in [0.3, 0.4) is 0 Å². The van der Waals surface area contributed by atoms with E-state index in [9.17, 15) is 14.0 Å². The molecule has 2 aromatic heterocycles. The molecule has 2 atom stereocenters. The molecule has 0 saturated carbocycles. The molecule has 1 amide bonds. The number of aromatic nitrogens is 3. The zero-order chi connectivity index (χ0) is 23.6. The van der Waals surface area contributed by atoms with Gasteiger partial charge in [0, 0.05) is 65.5 Å². The van der Waals surface area contributed by atoms with Crippen molar-refractivity contribution in [3.63, 3.8) is 0 Å². The molecule has 34 heavy (non-hydrogen) atoms. The van der Waals surface area contributed by atoms with Crippen molar-refractivity contribution in [2.45, 2.75) is 32.9 Å². The Hall–Kier alpha value is -3.78. The van der Waals surface area contributed by atoms with Gasteiger partial charge in [0.15, 0.2) is 5.78 Å². The van der Waals surface area contributed by atoms with Gasteiger partial charge in [-0.05, 0) is 47.7 Å². The number of halogens is 1. The maximum absolute atomic E-state index is 14.3. The van der Waals surface area contributed by atoms with Crippen LogP contribution in [-0.4, -0.2) is 31.0 Å². The van der Waals surface area contributed by atoms with Crippen LogP contribution in [0.5, 0.6) is 0 Å². The number of carbonyl (C=O) groups is 2. The van der Waals surface area contributed by atoms with Crippen molar-refractivity contribution in [2.75, 3.05) is 0 Å². The van der Waals surface area contributed by atoms with Crippen LogP contribution in [0.1, 0.15) is 44.7 Å². The molecule has 2 N–H and O–H groups in total. The first kappa shape index (κ1) is 20.8. The second-order valence-electron chi connectivity index (χ2n) is 9.63. The van der Waals surface area contributed by atoms with Crippen LogP contribution in [-0.2, 0) is 25.9 Å². The van der Waals surface area contributed by atoms with Gasteiger partial charge in [-0.15, -0.1) is 0 Å². The SMILES string of the molecule is CC12Cc3nccn3CC1C(=O)c1c(n(Cc3ccc(C(=O)NO)cc3)c3ccc(F)cc13)C2. The number of benzene rings is 2. The first-order valence-electron chi connectivity index (χ1n) is 11.3. The van der Waals surface area contributed by atoms with E-state index in [1.165, 1.54) is 12.1 Å². The largest absolute Gasteiger partial charge is 0.339 e. The van der Waals surface area contributed by atoms with Gasteiger partial charge in [0.25, 0.3) is 5.91 Å². The Morgan fingerprint density at radius 3 is 2.79 bits per heavy atom. The summed E-state index contributed by atoms with van der Waals surface area (Å²) in [4.78, 5) is 30.1. The summed E-state index contributed by atoms with van der Waals surface area (Å²) < 4.78 is 18.5. The smallest absolute Gasteiger partial charge is 0.274 e. The minimum atomic E-state index is -0.578. The molecule has 0 fully saturated rings. The Bertz CT molecular complexity index is 1470. The summed E-state index contributed by atoms with van der Waals surface area (Å²) in [6.07, 6.45) is 5.09. The summed E-state index contributed by atoms with van der Waals surface area (Å²) >= 11 is 0. The van der Waals surface area contributed by atoms with Gasteiger partial charge in [0.1, 0.15) is 11.6 Å². The van der Waals surface area contributed by atoms with Gasteiger partial charge >= 0.3 is 0 Å². The van der Waals surface area contributed by atoms with Crippen LogP contribution >= 0.6 is 0 Å². The van der Waals surface area contributed by atoms with Crippen molar-refractivity contribution in [2.24, 2.45) is 11.3 Å². The number of rotatable bonds is 3. The lowest BCUT2D eigenvalue weighted by Gasteiger charge is -2.44. The van der Waals surface area contributed by atoms with Crippen molar-refractivity contribution in [3.05, 3.63) is 88.9 Å². The summed E-state index contributed by atoms with van der Waals surface area (Å²) in [5, 5.41) is 9.51. The molecule has 0 saturated heterocycles. The standard InChI is InChI=1S/C26H23FN4O3/c1-26-11-21-23(24(32)19(26)14-30-9-8-28-22(30)12-26)18-10-17(27)6-7-20(18)31(21)13-15-2-4-16(5-3-15)25(33)29-34/h2-10,19,34H,11-14H2,1H3,(H,29,33). The van der Waals surface area contributed by atoms with E-state index in [1.807, 2.05) is 18.3 Å². The highest BCUT2D eigenvalue weighted by atomic mass is 19.1. The number of hydroxylamine groups is 1. The van der Waals surface area contributed by atoms with Gasteiger partial charge in [-0.3, -0.25) is 14.8 Å². The normalized spacial score (nSPS) is 21.1. The quantitative estimate of drug-likeness (QED) is 0.361. The number of ketones is 1. The molecule has 0 spiro atoms. The number of imidazole rings is 1. The third-order valence-electron chi connectivity index (χ3n) is 7.51. The molecule has 2 aliphatic rings. The van der Waals surface area contributed by atoms with E-state index in [0.717, 1.165) is 22.6 Å². The third-order valence-corrected chi connectivity index (χ3v) is 7.51. The fourth-order valence-electron chi connectivity index (χ4n) is 5.74. The fraction of sp³-hybridized carbons (Fsp3) is 0.269. The molecule has 3 heterocycles. The van der Waals surface area contributed by atoms with Crippen molar-refractivity contribution >= 4 is 22.6 Å². The van der Waals surface area contributed by atoms with Gasteiger partial charge in [-0.2, -0.15) is 0 Å². The molecule has 0 radical (unpaired) electrons. The third kappa shape index (κ3) is 3.02. The van der Waals surface area contributed by atoms with Gasteiger partial charge < -0.3 is 9.13 Å². The van der Waals surface area contributed by atoms with E-state index in [1.54, 1.807) is 29.9 Å². The van der Waals surface area contributed by atoms with E-state index in [-0.39, 0.29) is 22.9 Å². The summed E-state index contributed by atoms with van der Waals surface area (Å²) in [6, 6.07) is 11.5. The second-order valence-corrected chi connectivity index (χ2v) is 9.63. The molecule has 0 bridgehead atoms. The van der Waals surface area contributed by atoms with E-state index in [2.05, 4.69) is 21.0 Å². The highest BCUT2D eigenvalue weighted by Crippen LogP contribution is 2.48. The number of carbonyl (C=O) groups excluding carboxylic acids is 2. The molecule has 6 rings (SSSR count). The number of Topliss-reactive ketones (excluding diaryl/α,β-unsaturated/α-hetero) is 1. The Morgan fingerprint density at radius 2 is 2.03 bits per heavy atom. The Balaban J connectivity index is 1.47. The lowest BCUT2D eigenvalue weighted by molar-refractivity contribution is 0.0627. The summed E-state index contributed by atoms with van der Waals surface area (Å²) in [7, 11) is 0. The minimum Gasteiger partial charge on any atom is -0.339 e. The number of hydrogen-bond donors (Lipinski definition) is 2. The van der Waals surface area contributed by atoms with Crippen molar-refractivity contribution in [3.8, 4) is 0 Å². The molecule has 172 valence electrons. The van der Waals surface area contributed by atoms with Gasteiger partial charge in [0.05, 0.1) is 0 Å². The lowest BCUT2D eigenvalue weighted by atomic mass is 9.63. The highest BCUT2D eigenvalue weighted by molar-refractivity contribution is 6.11. The molecule has 1 aliphatic carbocycles. The van der Waals surface area contributed by atoms with Crippen LogP contribution < -0.4 is 5.48 Å². The Morgan fingerprint density at radius 1 is 1.24 bits per heavy atom. The molecular formula is C26H23FN4O3. The zero-order valence-corrected chi connectivity index (χ0v) is 18.6. The minimum absolute atomic E-state index is 0.0624. The first-order valence-corrected chi connectivity index (χ1v) is 11.3. The zero-order valence-electron chi connectivity index (χ0n) is 18.6. The van der Waals surface area contributed by atoms with Crippen LogP contribution in [0.25, 0.3) is 10.9 Å². The van der Waals surface area contributed by atoms with Crippen LogP contribution in [0.4, 0.5) is 4.39 Å². The monoisotopic (exact) mass is 458 g/mol. The molecule has 2 aromatic carbocycles. The number of hydrogen-bond acceptors (Lipinski definition) is 4. The predicted octanol–water partition coefficient (Wildman–Crippen LogP) is 3.76. The van der Waals surface area contributed by atoms with Crippen molar-refractivity contribution in [1.29, 1.82) is 0 Å². The summed E-state index contributed by atoms with van der Waals surface area (Å²) in [6.45, 7) is 3.21. The van der Waals surface area contributed by atoms with E-state index < -0.39 is 5.91 Å². The maximum atomic E-state index is 14.3. The van der Waals surface area contributed by atoms with E-state index in [4.69, 9.17) is 5.21 Å². The highest BCUT2D eigenvalue weighted by Gasteiger charge is 2.49. The number of amides is 1. The lowest BCUT2D eigenvalue weighted by Crippen LogP contribution is -2.47. The topological polar surface area (TPSA) is 89.2 Å². The molecule has 1 aliphatic heterocycles. The number of fused-ring (bicyclic) bond motifs is 5. The van der Waals surface area contributed by atoms with Gasteiger partial charge in [-0.1, -0.05) is 19.1 Å². The van der Waals surface area contributed by atoms with E-state index in [0.29, 0.717) is 42.4 Å². The van der Waals surface area contributed by atoms with Gasteiger partial charge in [0.2, 0.25) is 0 Å². The Labute approximate surface area is 194 Å². The fourth-order valence-corrected chi connectivity index (χ4v) is 5.74. The molecule has 4 aromatic rings. The second kappa shape index (κ2) is 7.36. The Kier molecular flexibility index (Phi) is 4.50. The van der Waals surface area contributed by atoms with Crippen molar-refractivity contribution < 1.29 is 19.2 Å².